The molecule has 28 heavy (non-hydrogen) atoms. The van der Waals surface area contributed by atoms with Gasteiger partial charge in [0, 0.05) is 5.29 Å². The standard InChI is InChI=1S/C21H34N2O3Si2/c1-21(2)17(18(24)23(21)20(27(3,4)5)28(6,7)8)22-16(14-26-19(22)25)15-12-10-9-11-13-15/h9-13,16-17,20H,14H2,1-8H3/t16-,17-/m0/s1. The third-order valence-corrected chi connectivity index (χ3v) is 15.0. The fraction of sp³-hybridized carbons (Fsp3) is 0.619. The molecule has 0 saturated carbocycles. The van der Waals surface area contributed by atoms with Crippen molar-refractivity contribution in [2.75, 3.05) is 6.61 Å². The minimum Gasteiger partial charge on any atom is -0.447 e. The number of cyclic esters (lactones) is 1. The molecule has 2 aliphatic rings. The summed E-state index contributed by atoms with van der Waals surface area (Å²) in [6.45, 7) is 18.6. The Labute approximate surface area is 171 Å². The number of hydrogen-bond donors (Lipinski definition) is 0. The summed E-state index contributed by atoms with van der Waals surface area (Å²) in [6.07, 6.45) is -0.377. The number of nitrogens with zero attached hydrogens (tertiary/aromatic N) is 2. The summed E-state index contributed by atoms with van der Waals surface area (Å²) < 4.78 is 5.39. The van der Waals surface area contributed by atoms with E-state index < -0.39 is 27.7 Å². The third-order valence-electron chi connectivity index (χ3n) is 6.03. The number of carbonyl (C=O) groups is 2. The molecule has 0 bridgehead atoms. The van der Waals surface area contributed by atoms with E-state index in [-0.39, 0.29) is 18.0 Å². The summed E-state index contributed by atoms with van der Waals surface area (Å²) in [6, 6.07) is 9.20. The van der Waals surface area contributed by atoms with Gasteiger partial charge in [0.2, 0.25) is 5.91 Å². The van der Waals surface area contributed by atoms with E-state index in [1.807, 2.05) is 30.3 Å². The fourth-order valence-electron chi connectivity index (χ4n) is 5.43. The molecule has 2 saturated heterocycles. The molecule has 2 atom stereocenters. The molecule has 0 aromatic heterocycles. The van der Waals surface area contributed by atoms with Gasteiger partial charge in [0.05, 0.1) is 27.7 Å². The number of ether oxygens (including phenoxy) is 1. The van der Waals surface area contributed by atoms with Crippen molar-refractivity contribution in [3.8, 4) is 0 Å². The maximum Gasteiger partial charge on any atom is 0.411 e. The summed E-state index contributed by atoms with van der Waals surface area (Å²) in [5.74, 6) is 0.0830. The van der Waals surface area contributed by atoms with Crippen LogP contribution in [0.3, 0.4) is 0 Å². The Kier molecular flexibility index (Phi) is 5.07. The van der Waals surface area contributed by atoms with Gasteiger partial charge in [0.25, 0.3) is 0 Å². The van der Waals surface area contributed by atoms with Crippen LogP contribution < -0.4 is 0 Å². The van der Waals surface area contributed by atoms with E-state index in [0.29, 0.717) is 11.9 Å². The first-order valence-corrected chi connectivity index (χ1v) is 17.3. The van der Waals surface area contributed by atoms with Crippen molar-refractivity contribution < 1.29 is 14.3 Å². The van der Waals surface area contributed by atoms with Crippen molar-refractivity contribution >= 4 is 28.1 Å². The van der Waals surface area contributed by atoms with Gasteiger partial charge in [-0.3, -0.25) is 9.69 Å². The monoisotopic (exact) mass is 418 g/mol. The van der Waals surface area contributed by atoms with Crippen LogP contribution in [-0.4, -0.2) is 61.4 Å². The molecule has 2 amide bonds. The van der Waals surface area contributed by atoms with E-state index in [1.165, 1.54) is 0 Å². The van der Waals surface area contributed by atoms with Gasteiger partial charge in [0.1, 0.15) is 12.6 Å². The maximum atomic E-state index is 13.5. The van der Waals surface area contributed by atoms with Crippen molar-refractivity contribution in [3.05, 3.63) is 35.9 Å². The smallest absolute Gasteiger partial charge is 0.411 e. The quantitative estimate of drug-likeness (QED) is 0.529. The second-order valence-electron chi connectivity index (χ2n) is 10.8. The van der Waals surface area contributed by atoms with E-state index in [9.17, 15) is 9.59 Å². The van der Waals surface area contributed by atoms with Crippen LogP contribution in [0.1, 0.15) is 25.5 Å². The highest BCUT2D eigenvalue weighted by atomic mass is 28.4. The first kappa shape index (κ1) is 21.1. The van der Waals surface area contributed by atoms with Gasteiger partial charge < -0.3 is 9.64 Å². The number of amides is 2. The molecule has 2 fully saturated rings. The lowest BCUT2D eigenvalue weighted by Gasteiger charge is -2.63. The minimum atomic E-state index is -1.62. The molecule has 2 aliphatic heterocycles. The minimum absolute atomic E-state index is 0.0830. The molecule has 0 aliphatic carbocycles. The van der Waals surface area contributed by atoms with E-state index in [0.717, 1.165) is 5.56 Å². The van der Waals surface area contributed by atoms with Crippen LogP contribution in [0.5, 0.6) is 0 Å². The SMILES string of the molecule is CC1(C)[C@@H](N2C(=O)OC[C@H]2c2ccccc2)C(=O)N1C([Si](C)(C)C)[Si](C)(C)C. The van der Waals surface area contributed by atoms with Crippen molar-refractivity contribution in [3.63, 3.8) is 0 Å². The van der Waals surface area contributed by atoms with Crippen molar-refractivity contribution in [1.29, 1.82) is 0 Å². The zero-order valence-electron chi connectivity index (χ0n) is 18.4. The van der Waals surface area contributed by atoms with Crippen LogP contribution in [0.15, 0.2) is 30.3 Å². The first-order chi connectivity index (χ1) is 12.8. The molecule has 3 rings (SSSR count). The topological polar surface area (TPSA) is 49.9 Å². The lowest BCUT2D eigenvalue weighted by molar-refractivity contribution is -0.169. The average Bonchev–Trinajstić information content (AvgIpc) is 2.92. The van der Waals surface area contributed by atoms with Crippen LogP contribution in [0, 0.1) is 0 Å². The van der Waals surface area contributed by atoms with Gasteiger partial charge in [-0.25, -0.2) is 4.79 Å². The van der Waals surface area contributed by atoms with Gasteiger partial charge >= 0.3 is 6.09 Å². The number of benzene rings is 1. The number of likely N-dealkylation sites (tertiary alicyclic amines) is 1. The summed E-state index contributed by atoms with van der Waals surface area (Å²) in [4.78, 5) is 30.0. The number of hydrogen-bond acceptors (Lipinski definition) is 3. The van der Waals surface area contributed by atoms with Crippen LogP contribution in [0.4, 0.5) is 4.79 Å². The Hall–Kier alpha value is -1.61. The Morgan fingerprint density at radius 1 is 1.00 bits per heavy atom. The van der Waals surface area contributed by atoms with Crippen LogP contribution >= 0.6 is 0 Å². The lowest BCUT2D eigenvalue weighted by Crippen LogP contribution is -2.84. The van der Waals surface area contributed by atoms with Crippen molar-refractivity contribution in [2.24, 2.45) is 0 Å². The third kappa shape index (κ3) is 3.32. The van der Waals surface area contributed by atoms with Crippen LogP contribution in [0.2, 0.25) is 39.3 Å². The summed E-state index contributed by atoms with van der Waals surface area (Å²) >= 11 is 0. The Morgan fingerprint density at radius 3 is 2.00 bits per heavy atom. The van der Waals surface area contributed by atoms with Gasteiger partial charge in [-0.2, -0.15) is 0 Å². The summed E-state index contributed by atoms with van der Waals surface area (Å²) in [7, 11) is -3.24. The predicted octanol–water partition coefficient (Wildman–Crippen LogP) is 4.29. The Morgan fingerprint density at radius 2 is 1.54 bits per heavy atom. The van der Waals surface area contributed by atoms with Crippen LogP contribution in [-0.2, 0) is 9.53 Å². The van der Waals surface area contributed by atoms with Crippen molar-refractivity contribution in [1.82, 2.24) is 9.80 Å². The molecule has 0 radical (unpaired) electrons. The molecule has 154 valence electrons. The van der Waals surface area contributed by atoms with E-state index in [1.54, 1.807) is 4.90 Å². The molecular weight excluding hydrogens is 384 g/mol. The molecule has 5 nitrogen and oxygen atoms in total. The molecule has 7 heteroatoms. The van der Waals surface area contributed by atoms with E-state index in [4.69, 9.17) is 4.74 Å². The molecule has 1 aromatic rings. The highest BCUT2D eigenvalue weighted by molar-refractivity contribution is 6.96. The molecule has 0 N–H and O–H groups in total. The number of rotatable bonds is 5. The molecule has 1 aromatic carbocycles. The zero-order chi connectivity index (χ0) is 21.1. The van der Waals surface area contributed by atoms with Crippen molar-refractivity contribution in [2.45, 2.75) is 76.0 Å². The predicted molar refractivity (Wildman–Crippen MR) is 118 cm³/mol. The Balaban J connectivity index is 1.96. The highest BCUT2D eigenvalue weighted by Gasteiger charge is 2.65. The second-order valence-corrected chi connectivity index (χ2v) is 21.9. The molecule has 0 spiro atoms. The van der Waals surface area contributed by atoms with Gasteiger partial charge in [-0.05, 0) is 19.4 Å². The average molecular weight is 419 g/mol. The van der Waals surface area contributed by atoms with Crippen LogP contribution in [0.25, 0.3) is 0 Å². The normalized spacial score (nSPS) is 25.2. The highest BCUT2D eigenvalue weighted by Crippen LogP contribution is 2.45. The zero-order valence-corrected chi connectivity index (χ0v) is 20.4. The van der Waals surface area contributed by atoms with E-state index >= 15 is 0 Å². The van der Waals surface area contributed by atoms with Gasteiger partial charge in [0.15, 0.2) is 0 Å². The number of carbonyl (C=O) groups excluding carboxylic acids is 2. The largest absolute Gasteiger partial charge is 0.447 e. The van der Waals surface area contributed by atoms with Gasteiger partial charge in [-0.1, -0.05) is 69.6 Å². The second kappa shape index (κ2) is 6.73. The van der Waals surface area contributed by atoms with Gasteiger partial charge in [-0.15, -0.1) is 0 Å². The first-order valence-electron chi connectivity index (χ1n) is 10.1. The maximum absolute atomic E-state index is 13.5. The Bertz CT molecular complexity index is 754. The lowest BCUT2D eigenvalue weighted by atomic mass is 9.80. The fourth-order valence-corrected chi connectivity index (χ4v) is 18.3. The summed E-state index contributed by atoms with van der Waals surface area (Å²) in [5, 5.41) is 0.326. The summed E-state index contributed by atoms with van der Waals surface area (Å²) in [5.41, 5.74) is 0.612. The molecule has 2 heterocycles. The van der Waals surface area contributed by atoms with E-state index in [2.05, 4.69) is 58.0 Å². The molecular formula is C21H34N2O3Si2. The number of β-lactam (4-membered cyclic amide) rings is 1. The molecule has 0 unspecified atom stereocenters.